The molecule has 0 aliphatic carbocycles. The SMILES string of the molecule is COc1cccc(-n2c(C)cc(/C=C(/C#N)C(=O)Nc3nnc(N4CCCC4)s3)c2C)c1. The van der Waals surface area contributed by atoms with Gasteiger partial charge in [0.05, 0.1) is 7.11 Å². The maximum absolute atomic E-state index is 12.7. The fourth-order valence-electron chi connectivity index (χ4n) is 3.85. The van der Waals surface area contributed by atoms with Gasteiger partial charge in [0.25, 0.3) is 5.91 Å². The minimum atomic E-state index is -0.497. The Bertz CT molecular complexity index is 1210. The number of aryl methyl sites for hydroxylation is 1. The molecule has 1 amide bonds. The monoisotopic (exact) mass is 448 g/mol. The molecule has 0 unspecified atom stereocenters. The zero-order valence-electron chi connectivity index (χ0n) is 18.3. The van der Waals surface area contributed by atoms with Gasteiger partial charge in [0.1, 0.15) is 17.4 Å². The van der Waals surface area contributed by atoms with Gasteiger partial charge in [0.15, 0.2) is 0 Å². The molecule has 9 heteroatoms. The molecule has 3 aromatic rings. The first-order valence-electron chi connectivity index (χ1n) is 10.3. The summed E-state index contributed by atoms with van der Waals surface area (Å²) in [5.41, 5.74) is 3.66. The second-order valence-corrected chi connectivity index (χ2v) is 8.53. The lowest BCUT2D eigenvalue weighted by molar-refractivity contribution is -0.112. The smallest absolute Gasteiger partial charge is 0.268 e. The van der Waals surface area contributed by atoms with Gasteiger partial charge in [-0.3, -0.25) is 10.1 Å². The number of anilines is 2. The van der Waals surface area contributed by atoms with Gasteiger partial charge in [0.2, 0.25) is 10.3 Å². The minimum absolute atomic E-state index is 0.00816. The Hall–Kier alpha value is -3.64. The van der Waals surface area contributed by atoms with Crippen molar-refractivity contribution >= 4 is 33.6 Å². The van der Waals surface area contributed by atoms with E-state index in [0.29, 0.717) is 5.13 Å². The van der Waals surface area contributed by atoms with E-state index in [2.05, 4.69) is 25.0 Å². The largest absolute Gasteiger partial charge is 0.497 e. The van der Waals surface area contributed by atoms with E-state index in [1.54, 1.807) is 13.2 Å². The highest BCUT2D eigenvalue weighted by Crippen LogP contribution is 2.28. The number of nitriles is 1. The number of carbonyl (C=O) groups excluding carboxylic acids is 1. The van der Waals surface area contributed by atoms with Crippen molar-refractivity contribution in [3.05, 3.63) is 52.9 Å². The molecule has 0 bridgehead atoms. The summed E-state index contributed by atoms with van der Waals surface area (Å²) in [5.74, 6) is 0.261. The number of methoxy groups -OCH3 is 1. The lowest BCUT2D eigenvalue weighted by Crippen LogP contribution is -2.17. The van der Waals surface area contributed by atoms with Crippen molar-refractivity contribution in [3.63, 3.8) is 0 Å². The molecule has 2 aromatic heterocycles. The van der Waals surface area contributed by atoms with E-state index in [-0.39, 0.29) is 5.57 Å². The van der Waals surface area contributed by atoms with Crippen LogP contribution in [-0.4, -0.2) is 40.9 Å². The minimum Gasteiger partial charge on any atom is -0.497 e. The van der Waals surface area contributed by atoms with Crippen molar-refractivity contribution in [1.82, 2.24) is 14.8 Å². The topological polar surface area (TPSA) is 96.1 Å². The number of nitrogens with one attached hydrogen (secondary N) is 1. The molecule has 1 aromatic carbocycles. The molecule has 0 atom stereocenters. The average molecular weight is 449 g/mol. The number of hydrogen-bond donors (Lipinski definition) is 1. The predicted octanol–water partition coefficient (Wildman–Crippen LogP) is 4.10. The molecule has 0 spiro atoms. The average Bonchev–Trinajstić information content (AvgIpc) is 3.53. The van der Waals surface area contributed by atoms with Crippen LogP contribution >= 0.6 is 11.3 Å². The van der Waals surface area contributed by atoms with Crippen molar-refractivity contribution in [2.45, 2.75) is 26.7 Å². The Labute approximate surface area is 190 Å². The molecule has 1 fully saturated rings. The first kappa shape index (κ1) is 21.6. The first-order valence-corrected chi connectivity index (χ1v) is 11.2. The normalized spacial score (nSPS) is 13.8. The van der Waals surface area contributed by atoms with Crippen LogP contribution in [-0.2, 0) is 4.79 Å². The van der Waals surface area contributed by atoms with Crippen LogP contribution in [0.15, 0.2) is 35.9 Å². The Kier molecular flexibility index (Phi) is 6.23. The van der Waals surface area contributed by atoms with E-state index in [9.17, 15) is 10.1 Å². The second kappa shape index (κ2) is 9.24. The van der Waals surface area contributed by atoms with Gasteiger partial charge in [-0.15, -0.1) is 10.2 Å². The Morgan fingerprint density at radius 2 is 2.03 bits per heavy atom. The quantitative estimate of drug-likeness (QED) is 0.451. The van der Waals surface area contributed by atoms with Gasteiger partial charge in [-0.05, 0) is 56.5 Å². The second-order valence-electron chi connectivity index (χ2n) is 7.57. The number of hydrogen-bond acceptors (Lipinski definition) is 7. The lowest BCUT2D eigenvalue weighted by Gasteiger charge is -2.11. The first-order chi connectivity index (χ1) is 15.5. The summed E-state index contributed by atoms with van der Waals surface area (Å²) >= 11 is 1.32. The number of aromatic nitrogens is 3. The summed E-state index contributed by atoms with van der Waals surface area (Å²) in [4.78, 5) is 14.9. The predicted molar refractivity (Wildman–Crippen MR) is 125 cm³/mol. The Balaban J connectivity index is 1.56. The molecule has 164 valence electrons. The molecule has 1 aliphatic heterocycles. The van der Waals surface area contributed by atoms with E-state index in [1.807, 2.05) is 50.2 Å². The van der Waals surface area contributed by atoms with Crippen molar-refractivity contribution in [3.8, 4) is 17.5 Å². The third kappa shape index (κ3) is 4.36. The molecule has 0 saturated carbocycles. The zero-order chi connectivity index (χ0) is 22.7. The molecule has 8 nitrogen and oxygen atoms in total. The van der Waals surface area contributed by atoms with Crippen molar-refractivity contribution in [2.24, 2.45) is 0 Å². The van der Waals surface area contributed by atoms with Crippen LogP contribution in [0, 0.1) is 25.2 Å². The number of benzene rings is 1. The van der Waals surface area contributed by atoms with Crippen molar-refractivity contribution in [1.29, 1.82) is 5.26 Å². The van der Waals surface area contributed by atoms with Crippen LogP contribution in [0.1, 0.15) is 29.8 Å². The fraction of sp³-hybridized carbons (Fsp3) is 0.304. The highest BCUT2D eigenvalue weighted by atomic mass is 32.1. The maximum atomic E-state index is 12.7. The highest BCUT2D eigenvalue weighted by molar-refractivity contribution is 7.19. The van der Waals surface area contributed by atoms with Crippen molar-refractivity contribution < 1.29 is 9.53 Å². The molecule has 3 heterocycles. The summed E-state index contributed by atoms with van der Waals surface area (Å²) < 4.78 is 7.40. The zero-order valence-corrected chi connectivity index (χ0v) is 19.1. The number of ether oxygens (including phenoxy) is 1. The third-order valence-electron chi connectivity index (χ3n) is 5.46. The van der Waals surface area contributed by atoms with Crippen LogP contribution in [0.3, 0.4) is 0 Å². The van der Waals surface area contributed by atoms with Gasteiger partial charge < -0.3 is 14.2 Å². The van der Waals surface area contributed by atoms with Gasteiger partial charge in [-0.25, -0.2) is 0 Å². The molecular formula is C23H24N6O2S. The maximum Gasteiger partial charge on any atom is 0.268 e. The summed E-state index contributed by atoms with van der Waals surface area (Å²) in [6.07, 6.45) is 3.88. The van der Waals surface area contributed by atoms with E-state index >= 15 is 0 Å². The molecule has 1 saturated heterocycles. The number of amides is 1. The van der Waals surface area contributed by atoms with E-state index in [4.69, 9.17) is 4.74 Å². The Morgan fingerprint density at radius 3 is 2.75 bits per heavy atom. The van der Waals surface area contributed by atoms with Crippen molar-refractivity contribution in [2.75, 3.05) is 30.4 Å². The lowest BCUT2D eigenvalue weighted by atomic mass is 10.1. The van der Waals surface area contributed by atoms with Crippen LogP contribution in [0.4, 0.5) is 10.3 Å². The summed E-state index contributed by atoms with van der Waals surface area (Å²) in [5, 5.41) is 21.7. The summed E-state index contributed by atoms with van der Waals surface area (Å²) in [7, 11) is 1.63. The van der Waals surface area contributed by atoms with Crippen LogP contribution < -0.4 is 15.0 Å². The highest BCUT2D eigenvalue weighted by Gasteiger charge is 2.19. The number of rotatable bonds is 6. The fourth-order valence-corrected chi connectivity index (χ4v) is 4.64. The summed E-state index contributed by atoms with van der Waals surface area (Å²) in [6, 6.07) is 11.7. The van der Waals surface area contributed by atoms with Gasteiger partial charge in [-0.1, -0.05) is 17.4 Å². The van der Waals surface area contributed by atoms with E-state index in [0.717, 1.165) is 59.5 Å². The Morgan fingerprint density at radius 1 is 1.25 bits per heavy atom. The van der Waals surface area contributed by atoms with Crippen LogP contribution in [0.25, 0.3) is 11.8 Å². The van der Waals surface area contributed by atoms with E-state index < -0.39 is 5.91 Å². The van der Waals surface area contributed by atoms with Gasteiger partial charge in [-0.2, -0.15) is 5.26 Å². The molecule has 32 heavy (non-hydrogen) atoms. The molecular weight excluding hydrogens is 424 g/mol. The van der Waals surface area contributed by atoms with Gasteiger partial charge >= 0.3 is 0 Å². The number of carbonyl (C=O) groups is 1. The van der Waals surface area contributed by atoms with Gasteiger partial charge in [0, 0.05) is 36.2 Å². The molecule has 1 aliphatic rings. The standard InChI is InChI=1S/C23H24N6O2S/c1-15-11-17(16(2)29(15)19-7-6-8-20(13-19)31-3)12-18(14-24)21(30)25-22-26-27-23(32-22)28-9-4-5-10-28/h6-8,11-13H,4-5,9-10H2,1-3H3,(H,25,26,30)/b18-12-. The number of nitrogens with zero attached hydrogens (tertiary/aromatic N) is 5. The summed E-state index contributed by atoms with van der Waals surface area (Å²) in [6.45, 7) is 5.85. The van der Waals surface area contributed by atoms with Crippen LogP contribution in [0.5, 0.6) is 5.75 Å². The molecule has 0 radical (unpaired) electrons. The molecule has 4 rings (SSSR count). The van der Waals surface area contributed by atoms with E-state index in [1.165, 1.54) is 11.3 Å². The molecule has 1 N–H and O–H groups in total. The third-order valence-corrected chi connectivity index (χ3v) is 6.36. The van der Waals surface area contributed by atoms with Crippen LogP contribution in [0.2, 0.25) is 0 Å².